The molecule has 0 spiro atoms. The van der Waals surface area contributed by atoms with Gasteiger partial charge < -0.3 is 15.4 Å². The van der Waals surface area contributed by atoms with E-state index in [1.807, 2.05) is 13.1 Å². The Bertz CT molecular complexity index is 571. The van der Waals surface area contributed by atoms with Gasteiger partial charge in [-0.2, -0.15) is 0 Å². The molecule has 1 heterocycles. The molecular formula is C20H33IN4O. The fourth-order valence-electron chi connectivity index (χ4n) is 3.65. The highest BCUT2D eigenvalue weighted by Crippen LogP contribution is 2.32. The van der Waals surface area contributed by atoms with E-state index in [0.717, 1.165) is 43.8 Å². The van der Waals surface area contributed by atoms with Crippen molar-refractivity contribution in [2.24, 2.45) is 10.9 Å². The molecule has 1 aromatic carbocycles. The van der Waals surface area contributed by atoms with E-state index >= 15 is 0 Å². The molecule has 0 bridgehead atoms. The van der Waals surface area contributed by atoms with Gasteiger partial charge in [0, 0.05) is 25.7 Å². The maximum atomic E-state index is 5.62. The number of para-hydroxylation sites is 1. The molecule has 1 saturated carbocycles. The number of hydrogen-bond donors (Lipinski definition) is 2. The number of nitrogens with zero attached hydrogens (tertiary/aromatic N) is 2. The summed E-state index contributed by atoms with van der Waals surface area (Å²) < 4.78 is 5.62. The third-order valence-electron chi connectivity index (χ3n) is 5.31. The van der Waals surface area contributed by atoms with Crippen molar-refractivity contribution in [2.75, 3.05) is 40.3 Å². The summed E-state index contributed by atoms with van der Waals surface area (Å²) in [7, 11) is 3.60. The molecule has 3 rings (SSSR count). The second-order valence-electron chi connectivity index (χ2n) is 7.11. The van der Waals surface area contributed by atoms with Crippen LogP contribution in [0.4, 0.5) is 0 Å². The van der Waals surface area contributed by atoms with Crippen molar-refractivity contribution in [3.05, 3.63) is 29.8 Å². The van der Waals surface area contributed by atoms with E-state index in [9.17, 15) is 0 Å². The topological polar surface area (TPSA) is 48.9 Å². The average Bonchev–Trinajstić information content (AvgIpc) is 3.32. The Labute approximate surface area is 175 Å². The average molecular weight is 472 g/mol. The second-order valence-corrected chi connectivity index (χ2v) is 7.11. The number of rotatable bonds is 8. The molecule has 0 aromatic heterocycles. The quantitative estimate of drug-likeness (QED) is 0.346. The summed E-state index contributed by atoms with van der Waals surface area (Å²) in [6.45, 7) is 4.15. The maximum absolute atomic E-state index is 5.62. The number of ether oxygens (including phenoxy) is 1. The van der Waals surface area contributed by atoms with Crippen LogP contribution in [-0.2, 0) is 0 Å². The van der Waals surface area contributed by atoms with Crippen LogP contribution >= 0.6 is 24.0 Å². The van der Waals surface area contributed by atoms with E-state index in [4.69, 9.17) is 4.74 Å². The summed E-state index contributed by atoms with van der Waals surface area (Å²) in [4.78, 5) is 6.94. The van der Waals surface area contributed by atoms with E-state index < -0.39 is 0 Å². The zero-order chi connectivity index (χ0) is 17.5. The molecule has 0 radical (unpaired) electrons. The number of hydrogen-bond acceptors (Lipinski definition) is 3. The number of likely N-dealkylation sites (tertiary alicyclic amines) is 1. The van der Waals surface area contributed by atoms with Gasteiger partial charge in [-0.3, -0.25) is 9.89 Å². The first-order valence-electron chi connectivity index (χ1n) is 9.63. The molecule has 1 aliphatic heterocycles. The fourth-order valence-corrected chi connectivity index (χ4v) is 3.65. The molecule has 0 amide bonds. The lowest BCUT2D eigenvalue weighted by atomic mass is 10.0. The van der Waals surface area contributed by atoms with E-state index in [2.05, 4.69) is 38.7 Å². The molecule has 2 aliphatic rings. The van der Waals surface area contributed by atoms with Gasteiger partial charge in [-0.1, -0.05) is 31.0 Å². The van der Waals surface area contributed by atoms with E-state index in [1.165, 1.54) is 37.7 Å². The molecule has 146 valence electrons. The highest BCUT2D eigenvalue weighted by molar-refractivity contribution is 14.0. The van der Waals surface area contributed by atoms with Crippen LogP contribution in [0, 0.1) is 5.92 Å². The van der Waals surface area contributed by atoms with Crippen LogP contribution in [-0.4, -0.2) is 51.2 Å². The van der Waals surface area contributed by atoms with Gasteiger partial charge in [-0.05, 0) is 44.3 Å². The van der Waals surface area contributed by atoms with Crippen LogP contribution < -0.4 is 15.4 Å². The molecule has 2 fully saturated rings. The summed E-state index contributed by atoms with van der Waals surface area (Å²) in [5.74, 6) is 2.81. The number of methoxy groups -OCH3 is 1. The maximum Gasteiger partial charge on any atom is 0.191 e. The smallest absolute Gasteiger partial charge is 0.191 e. The Hall–Kier alpha value is -1.02. The predicted octanol–water partition coefficient (Wildman–Crippen LogP) is 3.42. The lowest BCUT2D eigenvalue weighted by Crippen LogP contribution is -2.43. The molecule has 5 nitrogen and oxygen atoms in total. The molecule has 1 aliphatic carbocycles. The Balaban J connectivity index is 0.00000243. The molecule has 1 saturated heterocycles. The Morgan fingerprint density at radius 3 is 2.62 bits per heavy atom. The monoisotopic (exact) mass is 472 g/mol. The van der Waals surface area contributed by atoms with Crippen LogP contribution in [0.1, 0.15) is 43.7 Å². The third kappa shape index (κ3) is 6.01. The minimum Gasteiger partial charge on any atom is -0.496 e. The minimum absolute atomic E-state index is 0. The van der Waals surface area contributed by atoms with Gasteiger partial charge in [0.2, 0.25) is 0 Å². The summed E-state index contributed by atoms with van der Waals surface area (Å²) in [6, 6.07) is 8.69. The lowest BCUT2D eigenvalue weighted by Gasteiger charge is -2.30. The van der Waals surface area contributed by atoms with E-state index in [-0.39, 0.29) is 24.0 Å². The Morgan fingerprint density at radius 1 is 1.23 bits per heavy atom. The Kier molecular flexibility index (Phi) is 8.98. The van der Waals surface area contributed by atoms with Gasteiger partial charge in [0.05, 0.1) is 13.2 Å². The first kappa shape index (κ1) is 21.3. The van der Waals surface area contributed by atoms with Crippen LogP contribution in [0.5, 0.6) is 5.75 Å². The Morgan fingerprint density at radius 2 is 1.96 bits per heavy atom. The van der Waals surface area contributed by atoms with Crippen molar-refractivity contribution < 1.29 is 4.74 Å². The standard InChI is InChI=1S/C20H32N4O.HI/c1-21-20(22-12-11-16-9-10-16)23-15-18(24-13-5-6-14-24)17-7-3-4-8-19(17)25-2;/h3-4,7-8,16,18H,5-6,9-15H2,1-2H3,(H2,21,22,23);1H. The number of halogens is 1. The predicted molar refractivity (Wildman–Crippen MR) is 119 cm³/mol. The third-order valence-corrected chi connectivity index (χ3v) is 5.31. The number of nitrogens with one attached hydrogen (secondary N) is 2. The second kappa shape index (κ2) is 11.0. The van der Waals surface area contributed by atoms with Crippen molar-refractivity contribution >= 4 is 29.9 Å². The molecule has 26 heavy (non-hydrogen) atoms. The highest BCUT2D eigenvalue weighted by Gasteiger charge is 2.26. The zero-order valence-corrected chi connectivity index (χ0v) is 18.4. The zero-order valence-electron chi connectivity index (χ0n) is 16.0. The van der Waals surface area contributed by atoms with Gasteiger partial charge in [0.15, 0.2) is 5.96 Å². The van der Waals surface area contributed by atoms with Gasteiger partial charge in [-0.15, -0.1) is 24.0 Å². The van der Waals surface area contributed by atoms with Gasteiger partial charge in [0.25, 0.3) is 0 Å². The van der Waals surface area contributed by atoms with Crippen molar-refractivity contribution in [1.82, 2.24) is 15.5 Å². The number of guanidine groups is 1. The van der Waals surface area contributed by atoms with Crippen molar-refractivity contribution in [3.8, 4) is 5.75 Å². The SMILES string of the molecule is CN=C(NCCC1CC1)NCC(c1ccccc1OC)N1CCCC1.I. The molecule has 6 heteroatoms. The molecule has 2 N–H and O–H groups in total. The van der Waals surface area contributed by atoms with Crippen LogP contribution in [0.2, 0.25) is 0 Å². The number of benzene rings is 1. The largest absolute Gasteiger partial charge is 0.496 e. The normalized spacial score (nSPS) is 18.9. The molecule has 1 atom stereocenters. The lowest BCUT2D eigenvalue weighted by molar-refractivity contribution is 0.239. The molecular weight excluding hydrogens is 439 g/mol. The van der Waals surface area contributed by atoms with Crippen molar-refractivity contribution in [1.29, 1.82) is 0 Å². The van der Waals surface area contributed by atoms with E-state index in [1.54, 1.807) is 7.11 Å². The first-order valence-corrected chi connectivity index (χ1v) is 9.63. The highest BCUT2D eigenvalue weighted by atomic mass is 127. The summed E-state index contributed by atoms with van der Waals surface area (Å²) in [5, 5.41) is 6.99. The first-order chi connectivity index (χ1) is 12.3. The summed E-state index contributed by atoms with van der Waals surface area (Å²) >= 11 is 0. The van der Waals surface area contributed by atoms with Crippen molar-refractivity contribution in [2.45, 2.75) is 38.1 Å². The summed E-state index contributed by atoms with van der Waals surface area (Å²) in [5.41, 5.74) is 1.26. The summed E-state index contributed by atoms with van der Waals surface area (Å²) in [6.07, 6.45) is 6.61. The van der Waals surface area contributed by atoms with Crippen LogP contribution in [0.15, 0.2) is 29.3 Å². The van der Waals surface area contributed by atoms with Crippen molar-refractivity contribution in [3.63, 3.8) is 0 Å². The van der Waals surface area contributed by atoms with E-state index in [0.29, 0.717) is 6.04 Å². The van der Waals surface area contributed by atoms with Crippen LogP contribution in [0.25, 0.3) is 0 Å². The van der Waals surface area contributed by atoms with Gasteiger partial charge >= 0.3 is 0 Å². The number of aliphatic imine (C=N–C) groups is 1. The van der Waals surface area contributed by atoms with Gasteiger partial charge in [-0.25, -0.2) is 0 Å². The molecule has 1 unspecified atom stereocenters. The fraction of sp³-hybridized carbons (Fsp3) is 0.650. The minimum atomic E-state index is 0. The molecule has 1 aromatic rings. The van der Waals surface area contributed by atoms with Crippen LogP contribution in [0.3, 0.4) is 0 Å². The van der Waals surface area contributed by atoms with Gasteiger partial charge in [0.1, 0.15) is 5.75 Å².